The number of nitrogens with one attached hydrogen (secondary N) is 1. The first-order valence-corrected chi connectivity index (χ1v) is 5.84. The Balaban J connectivity index is 2.09. The Morgan fingerprint density at radius 3 is 2.85 bits per heavy atom. The van der Waals surface area contributed by atoms with Crippen molar-refractivity contribution in [2.24, 2.45) is 0 Å². The van der Waals surface area contributed by atoms with E-state index in [0.29, 0.717) is 5.69 Å². The highest BCUT2D eigenvalue weighted by Crippen LogP contribution is 2.21. The minimum atomic E-state index is -0.470. The molecule has 2 aromatic rings. The van der Waals surface area contributed by atoms with Crippen LogP contribution in [-0.2, 0) is 0 Å². The number of carbonyl (C=O) groups is 1. The van der Waals surface area contributed by atoms with Crippen LogP contribution in [-0.4, -0.2) is 10.7 Å². The maximum absolute atomic E-state index is 11.6. The second-order valence-electron chi connectivity index (χ2n) is 4.08. The van der Waals surface area contributed by atoms with Crippen LogP contribution in [0.15, 0.2) is 53.3 Å². The van der Waals surface area contributed by atoms with Gasteiger partial charge in [-0.05, 0) is 24.6 Å². The number of non-ortho nitro benzene ring substituents is 1. The van der Waals surface area contributed by atoms with Crippen molar-refractivity contribution in [3.05, 3.63) is 70.3 Å². The molecule has 0 atom stereocenters. The summed E-state index contributed by atoms with van der Waals surface area (Å²) >= 11 is 0. The number of allylic oxidation sites excluding steroid dienone is 1. The van der Waals surface area contributed by atoms with Gasteiger partial charge in [0, 0.05) is 30.1 Å². The van der Waals surface area contributed by atoms with Crippen LogP contribution in [0.3, 0.4) is 0 Å². The third-order valence-electron chi connectivity index (χ3n) is 2.67. The fraction of sp³-hybridized carbons (Fsp3) is 0.0714. The van der Waals surface area contributed by atoms with Crippen LogP contribution in [0.25, 0.3) is 0 Å². The molecule has 0 amide bonds. The van der Waals surface area contributed by atoms with Crippen LogP contribution in [0.4, 0.5) is 11.4 Å². The summed E-state index contributed by atoms with van der Waals surface area (Å²) < 4.78 is 4.95. The fourth-order valence-electron chi connectivity index (χ4n) is 1.59. The lowest BCUT2D eigenvalue weighted by molar-refractivity contribution is -0.384. The molecule has 102 valence electrons. The average molecular weight is 272 g/mol. The topological polar surface area (TPSA) is 85.4 Å². The van der Waals surface area contributed by atoms with Gasteiger partial charge in [0.25, 0.3) is 5.69 Å². The summed E-state index contributed by atoms with van der Waals surface area (Å²) in [6.45, 7) is 1.81. The zero-order valence-corrected chi connectivity index (χ0v) is 10.7. The van der Waals surface area contributed by atoms with E-state index in [4.69, 9.17) is 4.42 Å². The van der Waals surface area contributed by atoms with Crippen molar-refractivity contribution in [2.75, 3.05) is 5.32 Å². The van der Waals surface area contributed by atoms with Gasteiger partial charge in [-0.2, -0.15) is 0 Å². The summed E-state index contributed by atoms with van der Waals surface area (Å²) in [6, 6.07) is 7.67. The van der Waals surface area contributed by atoms with E-state index in [1.165, 1.54) is 30.7 Å². The number of ketones is 1. The minimum Gasteiger partial charge on any atom is -0.461 e. The Hall–Kier alpha value is -2.89. The van der Waals surface area contributed by atoms with Gasteiger partial charge in [-0.25, -0.2) is 0 Å². The number of anilines is 1. The van der Waals surface area contributed by atoms with E-state index in [2.05, 4.69) is 5.32 Å². The van der Waals surface area contributed by atoms with E-state index >= 15 is 0 Å². The van der Waals surface area contributed by atoms with Gasteiger partial charge in [-0.15, -0.1) is 0 Å². The number of furan rings is 1. The SMILES string of the molecule is Cc1ccc([N+](=O)[O-])cc1NC=CC(=O)c1ccco1. The quantitative estimate of drug-likeness (QED) is 0.390. The van der Waals surface area contributed by atoms with Crippen molar-refractivity contribution < 1.29 is 14.1 Å². The summed E-state index contributed by atoms with van der Waals surface area (Å²) in [5, 5.41) is 13.5. The first-order chi connectivity index (χ1) is 9.58. The van der Waals surface area contributed by atoms with Gasteiger partial charge in [-0.3, -0.25) is 14.9 Å². The van der Waals surface area contributed by atoms with Crippen molar-refractivity contribution in [1.29, 1.82) is 0 Å². The monoisotopic (exact) mass is 272 g/mol. The number of hydrogen-bond acceptors (Lipinski definition) is 5. The van der Waals surface area contributed by atoms with E-state index in [9.17, 15) is 14.9 Å². The molecule has 6 nitrogen and oxygen atoms in total. The van der Waals surface area contributed by atoms with Crippen LogP contribution >= 0.6 is 0 Å². The molecule has 1 N–H and O–H groups in total. The van der Waals surface area contributed by atoms with Gasteiger partial charge in [0.15, 0.2) is 5.76 Å². The number of benzene rings is 1. The van der Waals surface area contributed by atoms with E-state index in [0.717, 1.165) is 5.56 Å². The minimum absolute atomic E-state index is 0.0103. The predicted octanol–water partition coefficient (Wildman–Crippen LogP) is 3.30. The normalized spacial score (nSPS) is 10.7. The molecule has 6 heteroatoms. The first-order valence-electron chi connectivity index (χ1n) is 5.84. The van der Waals surface area contributed by atoms with E-state index < -0.39 is 4.92 Å². The largest absolute Gasteiger partial charge is 0.461 e. The van der Waals surface area contributed by atoms with Crippen molar-refractivity contribution >= 4 is 17.2 Å². The number of nitro groups is 1. The number of nitro benzene ring substituents is 1. The van der Waals surface area contributed by atoms with Crippen molar-refractivity contribution in [2.45, 2.75) is 6.92 Å². The second-order valence-corrected chi connectivity index (χ2v) is 4.08. The maximum Gasteiger partial charge on any atom is 0.271 e. The summed E-state index contributed by atoms with van der Waals surface area (Å²) in [5.41, 5.74) is 1.40. The third-order valence-corrected chi connectivity index (χ3v) is 2.67. The summed E-state index contributed by atoms with van der Waals surface area (Å²) in [4.78, 5) is 21.9. The molecule has 2 rings (SSSR count). The van der Waals surface area contributed by atoms with Gasteiger partial charge < -0.3 is 9.73 Å². The Labute approximate surface area is 114 Å². The lowest BCUT2D eigenvalue weighted by Gasteiger charge is -2.04. The molecule has 1 heterocycles. The maximum atomic E-state index is 11.6. The smallest absolute Gasteiger partial charge is 0.271 e. The lowest BCUT2D eigenvalue weighted by Crippen LogP contribution is -1.97. The van der Waals surface area contributed by atoms with Crippen LogP contribution in [0.5, 0.6) is 0 Å². The molecular weight excluding hydrogens is 260 g/mol. The van der Waals surface area contributed by atoms with Gasteiger partial charge in [0.2, 0.25) is 5.78 Å². The Bertz CT molecular complexity index is 660. The standard InChI is InChI=1S/C14H12N2O4/c1-10-4-5-11(16(18)19)9-12(10)15-7-6-13(17)14-3-2-8-20-14/h2-9,15H,1H3. The molecule has 0 aliphatic heterocycles. The predicted molar refractivity (Wildman–Crippen MR) is 73.6 cm³/mol. The zero-order valence-electron chi connectivity index (χ0n) is 10.7. The molecule has 1 aromatic carbocycles. The number of rotatable bonds is 5. The molecule has 0 fully saturated rings. The van der Waals surface area contributed by atoms with E-state index in [-0.39, 0.29) is 17.2 Å². The lowest BCUT2D eigenvalue weighted by atomic mass is 10.2. The Morgan fingerprint density at radius 1 is 1.40 bits per heavy atom. The Morgan fingerprint density at radius 2 is 2.20 bits per heavy atom. The van der Waals surface area contributed by atoms with Gasteiger partial charge in [-0.1, -0.05) is 6.07 Å². The molecule has 0 aliphatic carbocycles. The summed E-state index contributed by atoms with van der Waals surface area (Å²) in [5.74, 6) is -0.0515. The van der Waals surface area contributed by atoms with Crippen molar-refractivity contribution in [3.8, 4) is 0 Å². The molecule has 0 unspecified atom stereocenters. The number of nitrogens with zero attached hydrogens (tertiary/aromatic N) is 1. The highest BCUT2D eigenvalue weighted by Gasteiger charge is 2.08. The van der Waals surface area contributed by atoms with Crippen molar-refractivity contribution in [3.63, 3.8) is 0 Å². The van der Waals surface area contributed by atoms with Gasteiger partial charge >= 0.3 is 0 Å². The average Bonchev–Trinajstić information content (AvgIpc) is 2.94. The molecular formula is C14H12N2O4. The van der Waals surface area contributed by atoms with Crippen LogP contribution < -0.4 is 5.32 Å². The molecule has 0 saturated carbocycles. The zero-order chi connectivity index (χ0) is 14.5. The third kappa shape index (κ3) is 3.11. The fourth-order valence-corrected chi connectivity index (χ4v) is 1.59. The number of carbonyl (C=O) groups excluding carboxylic acids is 1. The molecule has 0 saturated heterocycles. The van der Waals surface area contributed by atoms with Crippen LogP contribution in [0.2, 0.25) is 0 Å². The van der Waals surface area contributed by atoms with Crippen LogP contribution in [0.1, 0.15) is 16.1 Å². The van der Waals surface area contributed by atoms with E-state index in [1.807, 2.05) is 6.92 Å². The van der Waals surface area contributed by atoms with E-state index in [1.54, 1.807) is 18.2 Å². The molecule has 0 spiro atoms. The first kappa shape index (κ1) is 13.5. The summed E-state index contributed by atoms with van der Waals surface area (Å²) in [6.07, 6.45) is 4.15. The molecule has 1 aromatic heterocycles. The summed E-state index contributed by atoms with van der Waals surface area (Å²) in [7, 11) is 0. The highest BCUT2D eigenvalue weighted by molar-refractivity contribution is 6.02. The molecule has 0 radical (unpaired) electrons. The second kappa shape index (κ2) is 5.83. The highest BCUT2D eigenvalue weighted by atomic mass is 16.6. The van der Waals surface area contributed by atoms with Gasteiger partial charge in [0.1, 0.15) is 0 Å². The number of aryl methyl sites for hydroxylation is 1. The van der Waals surface area contributed by atoms with Gasteiger partial charge in [0.05, 0.1) is 11.2 Å². The molecule has 0 bridgehead atoms. The molecule has 20 heavy (non-hydrogen) atoms. The Kier molecular flexibility index (Phi) is 3.95. The number of hydrogen-bond donors (Lipinski definition) is 1. The molecule has 0 aliphatic rings. The van der Waals surface area contributed by atoms with Crippen molar-refractivity contribution in [1.82, 2.24) is 0 Å². The van der Waals surface area contributed by atoms with Crippen LogP contribution in [0, 0.1) is 17.0 Å².